The van der Waals surface area contributed by atoms with Gasteiger partial charge in [0.15, 0.2) is 0 Å². The maximum Gasteiger partial charge on any atom is 0.276 e. The van der Waals surface area contributed by atoms with Gasteiger partial charge in [-0.2, -0.15) is 5.10 Å². The summed E-state index contributed by atoms with van der Waals surface area (Å²) < 4.78 is 6.03. The summed E-state index contributed by atoms with van der Waals surface area (Å²) in [7, 11) is 1.55. The van der Waals surface area contributed by atoms with Crippen LogP contribution in [0.1, 0.15) is 16.1 Å². The highest BCUT2D eigenvalue weighted by molar-refractivity contribution is 6.02. The van der Waals surface area contributed by atoms with Crippen molar-refractivity contribution in [3.63, 3.8) is 0 Å². The molecule has 8 heteroatoms. The van der Waals surface area contributed by atoms with E-state index in [1.165, 1.54) is 12.1 Å². The van der Waals surface area contributed by atoms with Crippen molar-refractivity contribution in [2.45, 2.75) is 13.5 Å². The number of nitrogens with zero attached hydrogens (tertiary/aromatic N) is 2. The van der Waals surface area contributed by atoms with Crippen molar-refractivity contribution in [1.82, 2.24) is 9.78 Å². The Bertz CT molecular complexity index is 1090. The van der Waals surface area contributed by atoms with E-state index in [1.54, 1.807) is 43.5 Å². The first-order valence-electron chi connectivity index (χ1n) is 8.85. The smallest absolute Gasteiger partial charge is 0.276 e. The van der Waals surface area contributed by atoms with Crippen LogP contribution in [-0.2, 0) is 11.3 Å². The van der Waals surface area contributed by atoms with E-state index in [-0.39, 0.29) is 12.2 Å². The van der Waals surface area contributed by atoms with Crippen molar-refractivity contribution < 1.29 is 14.3 Å². The molecule has 1 aromatic heterocycles. The van der Waals surface area contributed by atoms with Gasteiger partial charge in [-0.3, -0.25) is 14.4 Å². The molecule has 0 atom stereocenters. The summed E-state index contributed by atoms with van der Waals surface area (Å²) in [4.78, 5) is 36.8. The first-order chi connectivity index (χ1) is 14.0. The number of aromatic nitrogens is 2. The molecule has 3 aromatic rings. The summed E-state index contributed by atoms with van der Waals surface area (Å²) in [5.74, 6) is -0.251. The van der Waals surface area contributed by atoms with Crippen molar-refractivity contribution >= 4 is 23.2 Å². The Labute approximate surface area is 167 Å². The fraction of sp³-hybridized carbons (Fsp3) is 0.143. The maximum absolute atomic E-state index is 12.4. The zero-order chi connectivity index (χ0) is 20.8. The monoisotopic (exact) mass is 392 g/mol. The van der Waals surface area contributed by atoms with Gasteiger partial charge in [0.05, 0.1) is 7.11 Å². The Kier molecular flexibility index (Phi) is 6.03. The summed E-state index contributed by atoms with van der Waals surface area (Å²) in [5.41, 5.74) is 1.63. The van der Waals surface area contributed by atoms with Crippen LogP contribution in [0.3, 0.4) is 0 Å². The number of ether oxygens (including phenoxy) is 1. The first-order valence-corrected chi connectivity index (χ1v) is 8.85. The molecule has 0 aliphatic carbocycles. The second kappa shape index (κ2) is 8.83. The summed E-state index contributed by atoms with van der Waals surface area (Å²) in [5, 5.41) is 9.43. The van der Waals surface area contributed by atoms with Crippen LogP contribution >= 0.6 is 0 Å². The molecule has 0 saturated carbocycles. The molecule has 2 N–H and O–H groups in total. The molecule has 1 heterocycles. The summed E-state index contributed by atoms with van der Waals surface area (Å²) in [6.07, 6.45) is 0. The minimum atomic E-state index is -0.497. The van der Waals surface area contributed by atoms with E-state index in [4.69, 9.17) is 4.74 Å². The number of amides is 2. The molecule has 29 heavy (non-hydrogen) atoms. The van der Waals surface area contributed by atoms with Gasteiger partial charge < -0.3 is 15.4 Å². The Hall–Kier alpha value is -3.94. The van der Waals surface area contributed by atoms with Crippen LogP contribution in [-0.4, -0.2) is 28.7 Å². The third kappa shape index (κ3) is 5.07. The quantitative estimate of drug-likeness (QED) is 0.671. The summed E-state index contributed by atoms with van der Waals surface area (Å²) >= 11 is 0. The SMILES string of the molecule is COc1ccc(NC(=O)c2ccc(=O)n(CC(=O)Nc3ccccc3C)n2)cc1. The molecular weight excluding hydrogens is 372 g/mol. The van der Waals surface area contributed by atoms with E-state index in [0.29, 0.717) is 17.1 Å². The van der Waals surface area contributed by atoms with Crippen LogP contribution < -0.4 is 20.9 Å². The molecule has 0 bridgehead atoms. The van der Waals surface area contributed by atoms with Crippen molar-refractivity contribution in [2.75, 3.05) is 17.7 Å². The number of anilines is 2. The van der Waals surface area contributed by atoms with Crippen LogP contribution in [0.5, 0.6) is 5.75 Å². The number of benzene rings is 2. The topological polar surface area (TPSA) is 102 Å². The molecule has 0 radical (unpaired) electrons. The van der Waals surface area contributed by atoms with Crippen LogP contribution in [0.15, 0.2) is 65.5 Å². The number of hydrogen-bond acceptors (Lipinski definition) is 5. The van der Waals surface area contributed by atoms with Gasteiger partial charge in [-0.15, -0.1) is 0 Å². The van der Waals surface area contributed by atoms with Gasteiger partial charge in [0.1, 0.15) is 18.0 Å². The lowest BCUT2D eigenvalue weighted by Crippen LogP contribution is -2.31. The number of methoxy groups -OCH3 is 1. The molecule has 0 unspecified atom stereocenters. The van der Waals surface area contributed by atoms with Gasteiger partial charge in [0.25, 0.3) is 11.5 Å². The second-order valence-corrected chi connectivity index (χ2v) is 6.26. The normalized spacial score (nSPS) is 10.3. The fourth-order valence-electron chi connectivity index (χ4n) is 2.59. The minimum Gasteiger partial charge on any atom is -0.497 e. The second-order valence-electron chi connectivity index (χ2n) is 6.26. The van der Waals surface area contributed by atoms with Crippen LogP contribution in [0.2, 0.25) is 0 Å². The van der Waals surface area contributed by atoms with E-state index in [1.807, 2.05) is 19.1 Å². The number of aryl methyl sites for hydroxylation is 1. The number of carbonyl (C=O) groups excluding carboxylic acids is 2. The molecule has 0 fully saturated rings. The number of nitrogens with one attached hydrogen (secondary N) is 2. The van der Waals surface area contributed by atoms with Gasteiger partial charge in [0.2, 0.25) is 5.91 Å². The third-order valence-electron chi connectivity index (χ3n) is 4.16. The molecular formula is C21H20N4O4. The molecule has 8 nitrogen and oxygen atoms in total. The van der Waals surface area contributed by atoms with Gasteiger partial charge in [-0.1, -0.05) is 18.2 Å². The molecule has 0 aliphatic heterocycles. The third-order valence-corrected chi connectivity index (χ3v) is 4.16. The lowest BCUT2D eigenvalue weighted by Gasteiger charge is -2.10. The van der Waals surface area contributed by atoms with E-state index < -0.39 is 17.4 Å². The number of para-hydroxylation sites is 1. The zero-order valence-corrected chi connectivity index (χ0v) is 16.0. The van der Waals surface area contributed by atoms with Crippen molar-refractivity contribution in [3.8, 4) is 5.75 Å². The zero-order valence-electron chi connectivity index (χ0n) is 16.0. The Balaban J connectivity index is 1.71. The van der Waals surface area contributed by atoms with Crippen LogP contribution in [0, 0.1) is 6.92 Å². The lowest BCUT2D eigenvalue weighted by molar-refractivity contribution is -0.117. The first kappa shape index (κ1) is 19.8. The Morgan fingerprint density at radius 3 is 2.41 bits per heavy atom. The standard InChI is InChI=1S/C21H20N4O4/c1-14-5-3-4-6-17(14)23-19(26)13-25-20(27)12-11-18(24-25)21(28)22-15-7-9-16(29-2)10-8-15/h3-12H,13H2,1-2H3,(H,22,28)(H,23,26). The van der Waals surface area contributed by atoms with E-state index in [9.17, 15) is 14.4 Å². The average molecular weight is 392 g/mol. The van der Waals surface area contributed by atoms with Crippen molar-refractivity contribution in [1.29, 1.82) is 0 Å². The highest BCUT2D eigenvalue weighted by atomic mass is 16.5. The van der Waals surface area contributed by atoms with Crippen molar-refractivity contribution in [2.24, 2.45) is 0 Å². The van der Waals surface area contributed by atoms with Gasteiger partial charge in [0, 0.05) is 17.4 Å². The molecule has 0 spiro atoms. The van der Waals surface area contributed by atoms with Crippen LogP contribution in [0.25, 0.3) is 0 Å². The van der Waals surface area contributed by atoms with Gasteiger partial charge in [-0.05, 0) is 48.9 Å². The average Bonchev–Trinajstić information content (AvgIpc) is 2.72. The van der Waals surface area contributed by atoms with E-state index >= 15 is 0 Å². The molecule has 0 aliphatic rings. The highest BCUT2D eigenvalue weighted by Gasteiger charge is 2.13. The summed E-state index contributed by atoms with van der Waals surface area (Å²) in [6, 6.07) is 16.6. The van der Waals surface area contributed by atoms with E-state index in [0.717, 1.165) is 10.2 Å². The molecule has 2 aromatic carbocycles. The maximum atomic E-state index is 12.4. The Morgan fingerprint density at radius 2 is 1.72 bits per heavy atom. The predicted molar refractivity (Wildman–Crippen MR) is 109 cm³/mol. The number of rotatable bonds is 6. The van der Waals surface area contributed by atoms with Gasteiger partial charge >= 0.3 is 0 Å². The minimum absolute atomic E-state index is 0.0177. The summed E-state index contributed by atoms with van der Waals surface area (Å²) in [6.45, 7) is 1.56. The number of carbonyl (C=O) groups is 2. The highest BCUT2D eigenvalue weighted by Crippen LogP contribution is 2.15. The van der Waals surface area contributed by atoms with Crippen LogP contribution in [0.4, 0.5) is 11.4 Å². The molecule has 3 rings (SSSR count). The number of hydrogen-bond donors (Lipinski definition) is 2. The Morgan fingerprint density at radius 1 is 1.00 bits per heavy atom. The fourth-order valence-corrected chi connectivity index (χ4v) is 2.59. The molecule has 2 amide bonds. The molecule has 0 saturated heterocycles. The lowest BCUT2D eigenvalue weighted by atomic mass is 10.2. The predicted octanol–water partition coefficient (Wildman–Crippen LogP) is 2.45. The molecule has 148 valence electrons. The van der Waals surface area contributed by atoms with Gasteiger partial charge in [-0.25, -0.2) is 4.68 Å². The van der Waals surface area contributed by atoms with Crippen molar-refractivity contribution in [3.05, 3.63) is 82.3 Å². The van der Waals surface area contributed by atoms with E-state index in [2.05, 4.69) is 15.7 Å². The largest absolute Gasteiger partial charge is 0.497 e.